The molecule has 0 unspecified atom stereocenters. The first kappa shape index (κ1) is 17.6. The van der Waals surface area contributed by atoms with E-state index in [1.807, 2.05) is 33.8 Å². The maximum Gasteiger partial charge on any atom is 0.244 e. The van der Waals surface area contributed by atoms with Gasteiger partial charge in [-0.15, -0.1) is 0 Å². The number of hydrogen-bond donors (Lipinski definition) is 1. The van der Waals surface area contributed by atoms with Crippen molar-refractivity contribution < 1.29 is 17.6 Å². The summed E-state index contributed by atoms with van der Waals surface area (Å²) in [5.74, 6) is 0.908. The molecule has 0 aliphatic rings. The quantitative estimate of drug-likeness (QED) is 0.876. The normalized spacial score (nSPS) is 12.3. The maximum absolute atomic E-state index is 12.7. The van der Waals surface area contributed by atoms with Gasteiger partial charge in [0.05, 0.1) is 19.4 Å². The van der Waals surface area contributed by atoms with E-state index in [1.165, 1.54) is 6.26 Å². The van der Waals surface area contributed by atoms with Crippen LogP contribution in [0.1, 0.15) is 39.0 Å². The van der Waals surface area contributed by atoms with Gasteiger partial charge in [0, 0.05) is 0 Å². The molecular weight excluding hydrogens is 314 g/mol. The van der Waals surface area contributed by atoms with E-state index in [2.05, 4.69) is 4.72 Å². The highest BCUT2D eigenvalue weighted by Crippen LogP contribution is 2.31. The Morgan fingerprint density at radius 2 is 1.96 bits per heavy atom. The highest BCUT2D eigenvalue weighted by Gasteiger charge is 2.23. The first-order valence-electron chi connectivity index (χ1n) is 7.53. The van der Waals surface area contributed by atoms with Gasteiger partial charge >= 0.3 is 0 Å². The van der Waals surface area contributed by atoms with Gasteiger partial charge in [-0.1, -0.05) is 26.8 Å². The SMILES string of the molecule is CCOc1ccc(C(C)(C)C)cc1S(=O)(=O)NCc1ccco1. The van der Waals surface area contributed by atoms with Crippen LogP contribution in [0.4, 0.5) is 0 Å². The van der Waals surface area contributed by atoms with Crippen LogP contribution in [0.15, 0.2) is 45.9 Å². The van der Waals surface area contributed by atoms with E-state index in [0.29, 0.717) is 18.1 Å². The molecule has 5 nitrogen and oxygen atoms in total. The van der Waals surface area contributed by atoms with Crippen LogP contribution < -0.4 is 9.46 Å². The number of furan rings is 1. The largest absolute Gasteiger partial charge is 0.492 e. The molecule has 2 aromatic rings. The zero-order chi connectivity index (χ0) is 17.1. The Morgan fingerprint density at radius 3 is 2.52 bits per heavy atom. The van der Waals surface area contributed by atoms with Crippen LogP contribution >= 0.6 is 0 Å². The second-order valence-corrected chi connectivity index (χ2v) is 7.98. The van der Waals surface area contributed by atoms with Crippen LogP contribution in [0.2, 0.25) is 0 Å². The summed E-state index contributed by atoms with van der Waals surface area (Å²) in [5.41, 5.74) is 0.773. The van der Waals surface area contributed by atoms with Gasteiger partial charge in [-0.3, -0.25) is 0 Å². The van der Waals surface area contributed by atoms with E-state index in [9.17, 15) is 8.42 Å². The number of sulfonamides is 1. The molecule has 0 saturated heterocycles. The van der Waals surface area contributed by atoms with Crippen LogP contribution in [0.25, 0.3) is 0 Å². The van der Waals surface area contributed by atoms with Gasteiger partial charge in [0.1, 0.15) is 16.4 Å². The third-order valence-corrected chi connectivity index (χ3v) is 4.84. The molecule has 0 saturated carbocycles. The predicted octanol–water partition coefficient (Wildman–Crippen LogP) is 3.45. The molecule has 0 amide bonds. The molecule has 0 atom stereocenters. The number of nitrogens with one attached hydrogen (secondary N) is 1. The lowest BCUT2D eigenvalue weighted by Gasteiger charge is -2.21. The fourth-order valence-corrected chi connectivity index (χ4v) is 3.28. The van der Waals surface area contributed by atoms with Crippen molar-refractivity contribution in [3.8, 4) is 5.75 Å². The van der Waals surface area contributed by atoms with Gasteiger partial charge in [0.25, 0.3) is 0 Å². The Kier molecular flexibility index (Phi) is 5.16. The van der Waals surface area contributed by atoms with Gasteiger partial charge in [0.2, 0.25) is 10.0 Å². The minimum atomic E-state index is -3.71. The molecular formula is C17H23NO4S. The Hall–Kier alpha value is -1.79. The molecule has 23 heavy (non-hydrogen) atoms. The minimum Gasteiger partial charge on any atom is -0.492 e. The average molecular weight is 337 g/mol. The molecule has 1 aromatic carbocycles. The monoisotopic (exact) mass is 337 g/mol. The molecule has 2 rings (SSSR count). The molecule has 1 N–H and O–H groups in total. The lowest BCUT2D eigenvalue weighted by atomic mass is 9.87. The van der Waals surface area contributed by atoms with Crippen molar-refractivity contribution >= 4 is 10.0 Å². The lowest BCUT2D eigenvalue weighted by molar-refractivity contribution is 0.330. The summed E-state index contributed by atoms with van der Waals surface area (Å²) in [6.45, 7) is 8.43. The summed E-state index contributed by atoms with van der Waals surface area (Å²) in [4.78, 5) is 0.151. The second kappa shape index (κ2) is 6.76. The number of rotatable bonds is 6. The maximum atomic E-state index is 12.7. The van der Waals surface area contributed by atoms with Gasteiger partial charge < -0.3 is 9.15 Å². The van der Waals surface area contributed by atoms with Crippen molar-refractivity contribution in [2.75, 3.05) is 6.61 Å². The fourth-order valence-electron chi connectivity index (χ4n) is 2.12. The standard InChI is InChI=1S/C17H23NO4S/c1-5-21-15-9-8-13(17(2,3)4)11-16(15)23(19,20)18-12-14-7-6-10-22-14/h6-11,18H,5,12H2,1-4H3. The Balaban J connectivity index is 2.37. The van der Waals surface area contributed by atoms with Crippen molar-refractivity contribution in [2.45, 2.75) is 44.6 Å². The zero-order valence-corrected chi connectivity index (χ0v) is 14.7. The zero-order valence-electron chi connectivity index (χ0n) is 13.9. The molecule has 0 fully saturated rings. The summed E-state index contributed by atoms with van der Waals surface area (Å²) in [6.07, 6.45) is 1.51. The molecule has 0 aliphatic carbocycles. The number of benzene rings is 1. The Morgan fingerprint density at radius 1 is 1.22 bits per heavy atom. The first-order valence-corrected chi connectivity index (χ1v) is 9.01. The van der Waals surface area contributed by atoms with Gasteiger partial charge in [-0.05, 0) is 42.2 Å². The molecule has 6 heteroatoms. The highest BCUT2D eigenvalue weighted by molar-refractivity contribution is 7.89. The van der Waals surface area contributed by atoms with E-state index in [-0.39, 0.29) is 16.9 Å². The minimum absolute atomic E-state index is 0.0979. The van der Waals surface area contributed by atoms with Crippen molar-refractivity contribution in [1.29, 1.82) is 0 Å². The third-order valence-electron chi connectivity index (χ3n) is 3.42. The van der Waals surface area contributed by atoms with Crippen LogP contribution in [0.3, 0.4) is 0 Å². The van der Waals surface area contributed by atoms with Crippen molar-refractivity contribution in [1.82, 2.24) is 4.72 Å². The lowest BCUT2D eigenvalue weighted by Crippen LogP contribution is -2.24. The molecule has 0 bridgehead atoms. The van der Waals surface area contributed by atoms with Crippen LogP contribution in [-0.4, -0.2) is 15.0 Å². The van der Waals surface area contributed by atoms with Crippen molar-refractivity contribution in [3.05, 3.63) is 47.9 Å². The molecule has 0 radical (unpaired) electrons. The second-order valence-electron chi connectivity index (χ2n) is 6.25. The van der Waals surface area contributed by atoms with Gasteiger partial charge in [-0.2, -0.15) is 0 Å². The van der Waals surface area contributed by atoms with E-state index in [4.69, 9.17) is 9.15 Å². The van der Waals surface area contributed by atoms with E-state index >= 15 is 0 Å². The molecule has 1 heterocycles. The van der Waals surface area contributed by atoms with Gasteiger partial charge in [0.15, 0.2) is 0 Å². The number of ether oxygens (including phenoxy) is 1. The van der Waals surface area contributed by atoms with E-state index in [1.54, 1.807) is 24.3 Å². The highest BCUT2D eigenvalue weighted by atomic mass is 32.2. The summed E-state index contributed by atoms with van der Waals surface area (Å²) < 4.78 is 38.5. The average Bonchev–Trinajstić information content (AvgIpc) is 2.98. The summed E-state index contributed by atoms with van der Waals surface area (Å²) >= 11 is 0. The Bertz CT molecular complexity index is 743. The van der Waals surface area contributed by atoms with Crippen LogP contribution in [-0.2, 0) is 22.0 Å². The fraction of sp³-hybridized carbons (Fsp3) is 0.412. The smallest absolute Gasteiger partial charge is 0.244 e. The van der Waals surface area contributed by atoms with Crippen molar-refractivity contribution in [3.63, 3.8) is 0 Å². The van der Waals surface area contributed by atoms with Crippen molar-refractivity contribution in [2.24, 2.45) is 0 Å². The predicted molar refractivity (Wildman–Crippen MR) is 89.0 cm³/mol. The first-order chi connectivity index (χ1) is 10.7. The van der Waals surface area contributed by atoms with E-state index in [0.717, 1.165) is 5.56 Å². The topological polar surface area (TPSA) is 68.5 Å². The van der Waals surface area contributed by atoms with Crippen LogP contribution in [0.5, 0.6) is 5.75 Å². The molecule has 0 spiro atoms. The molecule has 126 valence electrons. The third kappa shape index (κ3) is 4.36. The Labute approximate surface area is 137 Å². The van der Waals surface area contributed by atoms with E-state index < -0.39 is 10.0 Å². The molecule has 0 aliphatic heterocycles. The summed E-state index contributed by atoms with van der Waals surface area (Å²) in [6, 6.07) is 8.73. The van der Waals surface area contributed by atoms with Crippen LogP contribution in [0, 0.1) is 0 Å². The van der Waals surface area contributed by atoms with Gasteiger partial charge in [-0.25, -0.2) is 13.1 Å². The molecule has 1 aromatic heterocycles. The summed E-state index contributed by atoms with van der Waals surface area (Å²) in [7, 11) is -3.71. The summed E-state index contributed by atoms with van der Waals surface area (Å²) in [5, 5.41) is 0. The number of hydrogen-bond acceptors (Lipinski definition) is 4.